The lowest BCUT2D eigenvalue weighted by molar-refractivity contribution is -0.134. The number of hydrogen-bond acceptors (Lipinski definition) is 3. The summed E-state index contributed by atoms with van der Waals surface area (Å²) < 4.78 is 0. The molecule has 2 saturated carbocycles. The Balaban J connectivity index is 1.87. The van der Waals surface area contributed by atoms with Gasteiger partial charge in [-0.25, -0.2) is 0 Å². The zero-order valence-electron chi connectivity index (χ0n) is 13.1. The van der Waals surface area contributed by atoms with Gasteiger partial charge in [-0.2, -0.15) is 0 Å². The van der Waals surface area contributed by atoms with Crippen molar-refractivity contribution >= 4 is 11.8 Å². The van der Waals surface area contributed by atoms with Crippen LogP contribution in [0.1, 0.15) is 58.3 Å². The van der Waals surface area contributed by atoms with Crippen LogP contribution in [0.15, 0.2) is 0 Å². The van der Waals surface area contributed by atoms with Crippen LogP contribution in [-0.4, -0.2) is 24.4 Å². The van der Waals surface area contributed by atoms with Gasteiger partial charge in [-0.05, 0) is 57.3 Å². The number of hydrogen-bond donors (Lipinski definition) is 3. The number of nitrogens with two attached hydrogens (primary N) is 2. The molecule has 0 aromatic rings. The molecule has 2 aliphatic carbocycles. The van der Waals surface area contributed by atoms with E-state index in [1.165, 1.54) is 0 Å². The molecule has 5 N–H and O–H groups in total. The van der Waals surface area contributed by atoms with E-state index in [0.717, 1.165) is 51.4 Å². The molecule has 0 aliphatic heterocycles. The third kappa shape index (κ3) is 3.76. The third-order valence-electron chi connectivity index (χ3n) is 5.57. The molecule has 5 nitrogen and oxygen atoms in total. The standard InChI is InChI=1S/C16H29N3O2/c1-11-6-8-16(10-17,9-7-11)15(21)19-13-4-2-12(3-5-13)14(18)20/h11-13H,2-10,17H2,1H3,(H2,18,20)(H,19,21). The minimum absolute atomic E-state index is 0.0165. The monoisotopic (exact) mass is 295 g/mol. The summed E-state index contributed by atoms with van der Waals surface area (Å²) in [7, 11) is 0. The Morgan fingerprint density at radius 3 is 2.14 bits per heavy atom. The lowest BCUT2D eigenvalue weighted by atomic mass is 9.70. The summed E-state index contributed by atoms with van der Waals surface area (Å²) >= 11 is 0. The summed E-state index contributed by atoms with van der Waals surface area (Å²) in [4.78, 5) is 23.8. The molecule has 0 unspecified atom stereocenters. The smallest absolute Gasteiger partial charge is 0.227 e. The van der Waals surface area contributed by atoms with Gasteiger partial charge in [0.25, 0.3) is 0 Å². The molecule has 0 spiro atoms. The molecule has 5 heteroatoms. The summed E-state index contributed by atoms with van der Waals surface area (Å²) in [6.07, 6.45) is 7.21. The quantitative estimate of drug-likeness (QED) is 0.729. The van der Waals surface area contributed by atoms with E-state index >= 15 is 0 Å². The molecule has 2 rings (SSSR count). The van der Waals surface area contributed by atoms with Gasteiger partial charge in [0.05, 0.1) is 5.41 Å². The molecule has 0 aromatic heterocycles. The Labute approximate surface area is 127 Å². The zero-order valence-corrected chi connectivity index (χ0v) is 13.1. The highest BCUT2D eigenvalue weighted by Gasteiger charge is 2.40. The first kappa shape index (κ1) is 16.3. The highest BCUT2D eigenvalue weighted by molar-refractivity contribution is 5.83. The Morgan fingerprint density at radius 2 is 1.67 bits per heavy atom. The van der Waals surface area contributed by atoms with Crippen molar-refractivity contribution in [3.63, 3.8) is 0 Å². The number of primary amides is 1. The van der Waals surface area contributed by atoms with E-state index in [1.807, 2.05) is 0 Å². The number of amides is 2. The number of carbonyl (C=O) groups excluding carboxylic acids is 2. The highest BCUT2D eigenvalue weighted by Crippen LogP contribution is 2.38. The fourth-order valence-electron chi connectivity index (χ4n) is 3.70. The van der Waals surface area contributed by atoms with Gasteiger partial charge in [0, 0.05) is 18.5 Å². The van der Waals surface area contributed by atoms with E-state index in [-0.39, 0.29) is 29.2 Å². The lowest BCUT2D eigenvalue weighted by Crippen LogP contribution is -2.51. The molecule has 120 valence electrons. The normalized spacial score (nSPS) is 37.0. The second kappa shape index (κ2) is 6.77. The largest absolute Gasteiger partial charge is 0.369 e. The molecule has 0 atom stereocenters. The minimum Gasteiger partial charge on any atom is -0.369 e. The molecule has 2 aliphatic rings. The molecule has 0 heterocycles. The van der Waals surface area contributed by atoms with Crippen LogP contribution < -0.4 is 16.8 Å². The van der Waals surface area contributed by atoms with Crippen LogP contribution in [0.3, 0.4) is 0 Å². The summed E-state index contributed by atoms with van der Waals surface area (Å²) in [6.45, 7) is 2.67. The number of carbonyl (C=O) groups is 2. The van der Waals surface area contributed by atoms with Gasteiger partial charge in [-0.15, -0.1) is 0 Å². The van der Waals surface area contributed by atoms with Crippen LogP contribution in [0.5, 0.6) is 0 Å². The van der Waals surface area contributed by atoms with Gasteiger partial charge >= 0.3 is 0 Å². The molecule has 2 amide bonds. The van der Waals surface area contributed by atoms with Crippen LogP contribution in [0.2, 0.25) is 0 Å². The van der Waals surface area contributed by atoms with Gasteiger partial charge < -0.3 is 16.8 Å². The van der Waals surface area contributed by atoms with E-state index in [1.54, 1.807) is 0 Å². The van der Waals surface area contributed by atoms with Crippen LogP contribution >= 0.6 is 0 Å². The molecular weight excluding hydrogens is 266 g/mol. The van der Waals surface area contributed by atoms with E-state index < -0.39 is 0 Å². The fourth-order valence-corrected chi connectivity index (χ4v) is 3.70. The van der Waals surface area contributed by atoms with Crippen molar-refractivity contribution in [1.29, 1.82) is 0 Å². The number of rotatable bonds is 4. The van der Waals surface area contributed by atoms with Crippen LogP contribution in [0.25, 0.3) is 0 Å². The predicted molar refractivity (Wildman–Crippen MR) is 82.2 cm³/mol. The van der Waals surface area contributed by atoms with Crippen molar-refractivity contribution < 1.29 is 9.59 Å². The zero-order chi connectivity index (χ0) is 15.5. The second-order valence-electron chi connectivity index (χ2n) is 7.09. The van der Waals surface area contributed by atoms with Crippen molar-refractivity contribution in [3.05, 3.63) is 0 Å². The summed E-state index contributed by atoms with van der Waals surface area (Å²) in [5.41, 5.74) is 10.9. The molecule has 21 heavy (non-hydrogen) atoms. The van der Waals surface area contributed by atoms with Crippen LogP contribution in [0.4, 0.5) is 0 Å². The first-order valence-corrected chi connectivity index (χ1v) is 8.27. The second-order valence-corrected chi connectivity index (χ2v) is 7.09. The van der Waals surface area contributed by atoms with Gasteiger partial charge in [0.15, 0.2) is 0 Å². The molecule has 0 bridgehead atoms. The predicted octanol–water partition coefficient (Wildman–Crippen LogP) is 1.30. The van der Waals surface area contributed by atoms with Crippen molar-refractivity contribution in [3.8, 4) is 0 Å². The van der Waals surface area contributed by atoms with Gasteiger partial charge in [-0.1, -0.05) is 6.92 Å². The fraction of sp³-hybridized carbons (Fsp3) is 0.875. The Bertz CT molecular complexity index is 381. The Morgan fingerprint density at radius 1 is 1.10 bits per heavy atom. The highest BCUT2D eigenvalue weighted by atomic mass is 16.2. The average molecular weight is 295 g/mol. The van der Waals surface area contributed by atoms with Gasteiger partial charge in [0.2, 0.25) is 11.8 Å². The third-order valence-corrected chi connectivity index (χ3v) is 5.57. The van der Waals surface area contributed by atoms with E-state index in [4.69, 9.17) is 11.5 Å². The van der Waals surface area contributed by atoms with Crippen molar-refractivity contribution in [1.82, 2.24) is 5.32 Å². The van der Waals surface area contributed by atoms with Crippen LogP contribution in [0, 0.1) is 17.3 Å². The van der Waals surface area contributed by atoms with Crippen LogP contribution in [-0.2, 0) is 9.59 Å². The molecule has 0 aromatic carbocycles. The Hall–Kier alpha value is -1.10. The Kier molecular flexibility index (Phi) is 5.25. The van der Waals surface area contributed by atoms with Gasteiger partial charge in [0.1, 0.15) is 0 Å². The van der Waals surface area contributed by atoms with Crippen molar-refractivity contribution in [2.24, 2.45) is 28.7 Å². The first-order valence-electron chi connectivity index (χ1n) is 8.27. The molecule has 0 radical (unpaired) electrons. The molecule has 0 saturated heterocycles. The van der Waals surface area contributed by atoms with E-state index in [2.05, 4.69) is 12.2 Å². The maximum Gasteiger partial charge on any atom is 0.227 e. The summed E-state index contributed by atoms with van der Waals surface area (Å²) in [5, 5.41) is 3.18. The first-order chi connectivity index (χ1) is 9.97. The SMILES string of the molecule is CC1CCC(CN)(C(=O)NC2CCC(C(N)=O)CC2)CC1. The lowest BCUT2D eigenvalue weighted by Gasteiger charge is -2.39. The van der Waals surface area contributed by atoms with Gasteiger partial charge in [-0.3, -0.25) is 9.59 Å². The number of nitrogens with one attached hydrogen (secondary N) is 1. The van der Waals surface area contributed by atoms with E-state index in [0.29, 0.717) is 12.5 Å². The van der Waals surface area contributed by atoms with Crippen molar-refractivity contribution in [2.75, 3.05) is 6.54 Å². The maximum absolute atomic E-state index is 12.7. The molecule has 2 fully saturated rings. The average Bonchev–Trinajstić information content (AvgIpc) is 2.49. The molecular formula is C16H29N3O2. The maximum atomic E-state index is 12.7. The minimum atomic E-state index is -0.368. The van der Waals surface area contributed by atoms with E-state index in [9.17, 15) is 9.59 Å². The topological polar surface area (TPSA) is 98.2 Å². The summed E-state index contributed by atoms with van der Waals surface area (Å²) in [5.74, 6) is 0.597. The van der Waals surface area contributed by atoms with Crippen molar-refractivity contribution in [2.45, 2.75) is 64.3 Å². The summed E-state index contributed by atoms with van der Waals surface area (Å²) in [6, 6.07) is 0.177.